The van der Waals surface area contributed by atoms with Gasteiger partial charge in [-0.3, -0.25) is 4.79 Å². The average molecular weight is 391 g/mol. The van der Waals surface area contributed by atoms with Gasteiger partial charge in [-0.1, -0.05) is 0 Å². The molecule has 0 radical (unpaired) electrons. The van der Waals surface area contributed by atoms with E-state index in [0.717, 1.165) is 4.90 Å². The minimum atomic E-state index is -4.33. The van der Waals surface area contributed by atoms with Crippen molar-refractivity contribution in [2.75, 3.05) is 6.54 Å². The average Bonchev–Trinajstić information content (AvgIpc) is 2.88. The fraction of sp³-hybridized carbons (Fsp3) is 0.357. The number of carbonyl (C=O) groups is 1. The lowest BCUT2D eigenvalue weighted by Crippen LogP contribution is -2.34. The number of hydrogen-bond donors (Lipinski definition) is 0. The van der Waals surface area contributed by atoms with Gasteiger partial charge in [-0.2, -0.15) is 13.2 Å². The SMILES string of the molecule is Cn1cnc(C(=O)N(CCC(F)(F)F)Cc2ccnc(Br)c2)c1. The summed E-state index contributed by atoms with van der Waals surface area (Å²) in [5, 5.41) is 0. The van der Waals surface area contributed by atoms with Crippen molar-refractivity contribution in [3.63, 3.8) is 0 Å². The standard InChI is InChI=1S/C14H14BrF3N4O/c1-21-8-11(20-9-21)13(23)22(5-3-14(16,17)18)7-10-2-4-19-12(15)6-10/h2,4,6,8-9H,3,5,7H2,1H3. The predicted octanol–water partition coefficient (Wildman–Crippen LogP) is 3.17. The van der Waals surface area contributed by atoms with E-state index in [2.05, 4.69) is 25.9 Å². The first-order chi connectivity index (χ1) is 10.7. The van der Waals surface area contributed by atoms with Crippen LogP contribution in [-0.4, -0.2) is 38.1 Å². The highest BCUT2D eigenvalue weighted by Crippen LogP contribution is 2.21. The van der Waals surface area contributed by atoms with Crippen LogP contribution in [0.25, 0.3) is 0 Å². The van der Waals surface area contributed by atoms with Gasteiger partial charge in [0.25, 0.3) is 5.91 Å². The highest BCUT2D eigenvalue weighted by Gasteiger charge is 2.29. The van der Waals surface area contributed by atoms with Crippen LogP contribution >= 0.6 is 15.9 Å². The molecule has 0 spiro atoms. The number of carbonyl (C=O) groups excluding carboxylic acids is 1. The normalized spacial score (nSPS) is 11.5. The van der Waals surface area contributed by atoms with Crippen LogP contribution in [0.4, 0.5) is 13.2 Å². The maximum atomic E-state index is 12.5. The fourth-order valence-corrected chi connectivity index (χ4v) is 2.37. The summed E-state index contributed by atoms with van der Waals surface area (Å²) in [6.07, 6.45) is -0.977. The lowest BCUT2D eigenvalue weighted by Gasteiger charge is -2.22. The second-order valence-corrected chi connectivity index (χ2v) is 5.82. The quantitative estimate of drug-likeness (QED) is 0.736. The zero-order chi connectivity index (χ0) is 17.0. The molecule has 0 bridgehead atoms. The first kappa shape index (κ1) is 17.5. The highest BCUT2D eigenvalue weighted by molar-refractivity contribution is 9.10. The molecule has 9 heteroatoms. The van der Waals surface area contributed by atoms with Crippen molar-refractivity contribution >= 4 is 21.8 Å². The molecule has 0 aromatic carbocycles. The van der Waals surface area contributed by atoms with E-state index in [1.165, 1.54) is 18.7 Å². The number of aromatic nitrogens is 3. The van der Waals surface area contributed by atoms with E-state index in [1.54, 1.807) is 23.7 Å². The largest absolute Gasteiger partial charge is 0.390 e. The maximum Gasteiger partial charge on any atom is 0.390 e. The third-order valence-electron chi connectivity index (χ3n) is 3.04. The summed E-state index contributed by atoms with van der Waals surface area (Å²) >= 11 is 3.20. The van der Waals surface area contributed by atoms with E-state index in [4.69, 9.17) is 0 Å². The van der Waals surface area contributed by atoms with Crippen LogP contribution in [0.5, 0.6) is 0 Å². The molecule has 0 saturated heterocycles. The molecule has 2 heterocycles. The molecular formula is C14H14BrF3N4O. The predicted molar refractivity (Wildman–Crippen MR) is 80.6 cm³/mol. The molecule has 0 saturated carbocycles. The Morgan fingerprint density at radius 1 is 1.39 bits per heavy atom. The third kappa shape index (κ3) is 5.34. The lowest BCUT2D eigenvalue weighted by molar-refractivity contribution is -0.136. The molecule has 0 unspecified atom stereocenters. The monoisotopic (exact) mass is 390 g/mol. The number of rotatable bonds is 5. The number of aryl methyl sites for hydroxylation is 1. The molecule has 23 heavy (non-hydrogen) atoms. The summed E-state index contributed by atoms with van der Waals surface area (Å²) in [6.45, 7) is -0.383. The molecular weight excluding hydrogens is 377 g/mol. The van der Waals surface area contributed by atoms with Crippen LogP contribution in [0.1, 0.15) is 22.5 Å². The number of alkyl halides is 3. The minimum absolute atomic E-state index is 0.0482. The van der Waals surface area contributed by atoms with Gasteiger partial charge in [-0.25, -0.2) is 9.97 Å². The van der Waals surface area contributed by atoms with Crippen molar-refractivity contribution in [3.05, 3.63) is 46.7 Å². The lowest BCUT2D eigenvalue weighted by atomic mass is 10.2. The molecule has 1 amide bonds. The Bertz CT molecular complexity index is 687. The van der Waals surface area contributed by atoms with Crippen molar-refractivity contribution in [2.24, 2.45) is 7.05 Å². The first-order valence-electron chi connectivity index (χ1n) is 6.69. The Morgan fingerprint density at radius 3 is 2.70 bits per heavy atom. The Labute approximate surface area is 139 Å². The van der Waals surface area contributed by atoms with Gasteiger partial charge in [0, 0.05) is 32.5 Å². The summed E-state index contributed by atoms with van der Waals surface area (Å²) in [6, 6.07) is 3.31. The zero-order valence-electron chi connectivity index (χ0n) is 12.2. The Morgan fingerprint density at radius 2 is 2.13 bits per heavy atom. The Hall–Kier alpha value is -1.90. The number of amides is 1. The van der Waals surface area contributed by atoms with Gasteiger partial charge in [0.2, 0.25) is 0 Å². The van der Waals surface area contributed by atoms with Crippen LogP contribution in [-0.2, 0) is 13.6 Å². The molecule has 2 aromatic heterocycles. The van der Waals surface area contributed by atoms with Gasteiger partial charge in [-0.05, 0) is 33.6 Å². The molecule has 0 N–H and O–H groups in total. The molecule has 0 aliphatic rings. The molecule has 124 valence electrons. The zero-order valence-corrected chi connectivity index (χ0v) is 13.8. The second kappa shape index (κ2) is 7.12. The van der Waals surface area contributed by atoms with Crippen molar-refractivity contribution < 1.29 is 18.0 Å². The van der Waals surface area contributed by atoms with Gasteiger partial charge in [0.1, 0.15) is 10.3 Å². The van der Waals surface area contributed by atoms with Gasteiger partial charge < -0.3 is 9.47 Å². The van der Waals surface area contributed by atoms with Crippen LogP contribution in [0.3, 0.4) is 0 Å². The van der Waals surface area contributed by atoms with E-state index in [0.29, 0.717) is 10.2 Å². The van der Waals surface area contributed by atoms with Gasteiger partial charge in [-0.15, -0.1) is 0 Å². The molecule has 0 aliphatic carbocycles. The summed E-state index contributed by atoms with van der Waals surface area (Å²) in [5.74, 6) is -0.539. The van der Waals surface area contributed by atoms with E-state index >= 15 is 0 Å². The number of pyridine rings is 1. The molecule has 0 fully saturated rings. The summed E-state index contributed by atoms with van der Waals surface area (Å²) < 4.78 is 39.7. The smallest absolute Gasteiger partial charge is 0.340 e. The van der Waals surface area contributed by atoms with Crippen LogP contribution in [0, 0.1) is 0 Å². The van der Waals surface area contributed by atoms with Crippen LogP contribution in [0.15, 0.2) is 35.5 Å². The van der Waals surface area contributed by atoms with Gasteiger partial charge in [0.05, 0.1) is 12.7 Å². The first-order valence-corrected chi connectivity index (χ1v) is 7.48. The molecule has 0 aliphatic heterocycles. The molecule has 5 nitrogen and oxygen atoms in total. The van der Waals surface area contributed by atoms with E-state index in [1.807, 2.05) is 0 Å². The van der Waals surface area contributed by atoms with Crippen LogP contribution in [0.2, 0.25) is 0 Å². The van der Waals surface area contributed by atoms with Gasteiger partial charge >= 0.3 is 6.18 Å². The fourth-order valence-electron chi connectivity index (χ4n) is 1.96. The maximum absolute atomic E-state index is 12.5. The van der Waals surface area contributed by atoms with Crippen molar-refractivity contribution in [1.82, 2.24) is 19.4 Å². The highest BCUT2D eigenvalue weighted by atomic mass is 79.9. The van der Waals surface area contributed by atoms with Crippen molar-refractivity contribution in [1.29, 1.82) is 0 Å². The molecule has 2 rings (SSSR count). The van der Waals surface area contributed by atoms with Crippen molar-refractivity contribution in [3.8, 4) is 0 Å². The molecule has 0 atom stereocenters. The third-order valence-corrected chi connectivity index (χ3v) is 3.47. The summed E-state index contributed by atoms with van der Waals surface area (Å²) in [7, 11) is 1.68. The van der Waals surface area contributed by atoms with Crippen LogP contribution < -0.4 is 0 Å². The van der Waals surface area contributed by atoms with Gasteiger partial charge in [0.15, 0.2) is 0 Å². The molecule has 2 aromatic rings. The van der Waals surface area contributed by atoms with E-state index < -0.39 is 25.0 Å². The summed E-state index contributed by atoms with van der Waals surface area (Å²) in [4.78, 5) is 21.4. The number of hydrogen-bond acceptors (Lipinski definition) is 3. The Balaban J connectivity index is 2.18. The number of imidazole rings is 1. The topological polar surface area (TPSA) is 51.0 Å². The van der Waals surface area contributed by atoms with Crippen molar-refractivity contribution in [2.45, 2.75) is 19.1 Å². The van der Waals surface area contributed by atoms with E-state index in [-0.39, 0.29) is 12.2 Å². The summed E-state index contributed by atoms with van der Waals surface area (Å²) in [5.41, 5.74) is 0.793. The minimum Gasteiger partial charge on any atom is -0.340 e. The van der Waals surface area contributed by atoms with E-state index in [9.17, 15) is 18.0 Å². The number of halogens is 4. The Kier molecular flexibility index (Phi) is 5.40. The second-order valence-electron chi connectivity index (χ2n) is 5.00. The number of nitrogens with zero attached hydrogens (tertiary/aromatic N) is 4.